The van der Waals surface area contributed by atoms with Crippen molar-refractivity contribution in [2.45, 2.75) is 37.7 Å². The summed E-state index contributed by atoms with van der Waals surface area (Å²) in [5.41, 5.74) is 3.30. The molecule has 1 fully saturated rings. The largest absolute Gasteiger partial charge is 0.478 e. The number of anilines is 1. The molecule has 1 aliphatic carbocycles. The zero-order valence-electron chi connectivity index (χ0n) is 14.9. The van der Waals surface area contributed by atoms with Crippen molar-refractivity contribution in [2.75, 3.05) is 5.73 Å². The van der Waals surface area contributed by atoms with Crippen LogP contribution in [0.1, 0.15) is 26.5 Å². The van der Waals surface area contributed by atoms with Crippen molar-refractivity contribution in [1.29, 1.82) is 0 Å². The summed E-state index contributed by atoms with van der Waals surface area (Å²) in [5.74, 6) is -4.06. The lowest BCUT2D eigenvalue weighted by molar-refractivity contribution is -0.161. The zero-order valence-corrected chi connectivity index (χ0v) is 16.6. The van der Waals surface area contributed by atoms with Crippen molar-refractivity contribution < 1.29 is 37.3 Å². The Hall–Kier alpha value is -2.58. The van der Waals surface area contributed by atoms with Crippen molar-refractivity contribution in [3.8, 4) is 0 Å². The Morgan fingerprint density at radius 3 is 2.46 bits per heavy atom. The molecule has 3 unspecified atom stereocenters. The van der Waals surface area contributed by atoms with Gasteiger partial charge in [0.25, 0.3) is 16.0 Å². The van der Waals surface area contributed by atoms with Crippen LogP contribution in [0.5, 0.6) is 0 Å². The van der Waals surface area contributed by atoms with Gasteiger partial charge in [0.1, 0.15) is 5.69 Å². The van der Waals surface area contributed by atoms with E-state index < -0.39 is 56.3 Å². The zero-order chi connectivity index (χ0) is 21.4. The number of oxime groups is 1. The summed E-state index contributed by atoms with van der Waals surface area (Å²) in [5, 5.41) is 14.8. The number of Topliss-reactive ketones (excluding diaryl/α,β-unsaturated/α-hetero) is 1. The third-order valence-electron chi connectivity index (χ3n) is 4.06. The van der Waals surface area contributed by atoms with E-state index in [2.05, 4.69) is 15.5 Å². The molecule has 0 spiro atoms. The first-order valence-corrected chi connectivity index (χ1v) is 10.2. The number of aliphatic carboxylic acids is 1. The van der Waals surface area contributed by atoms with Gasteiger partial charge in [-0.15, -0.1) is 11.3 Å². The number of nitrogens with two attached hydrogens (primary N) is 1. The number of carbonyl (C=O) groups is 3. The molecular weight excluding hydrogens is 416 g/mol. The number of thiazole rings is 1. The van der Waals surface area contributed by atoms with Crippen LogP contribution in [0, 0.1) is 5.92 Å². The Bertz CT molecular complexity index is 952. The summed E-state index contributed by atoms with van der Waals surface area (Å²) >= 11 is 0.988. The highest BCUT2D eigenvalue weighted by molar-refractivity contribution is 7.87. The maximum Gasteiger partial charge on any atom is 0.350 e. The Morgan fingerprint density at radius 2 is 2.04 bits per heavy atom. The van der Waals surface area contributed by atoms with E-state index >= 15 is 0 Å². The predicted octanol–water partition coefficient (Wildman–Crippen LogP) is -0.731. The van der Waals surface area contributed by atoms with Gasteiger partial charge in [0.15, 0.2) is 21.9 Å². The summed E-state index contributed by atoms with van der Waals surface area (Å²) < 4.78 is 31.5. The van der Waals surface area contributed by atoms with Crippen molar-refractivity contribution in [1.82, 2.24) is 10.3 Å². The van der Waals surface area contributed by atoms with Crippen LogP contribution in [0.25, 0.3) is 0 Å². The number of hydrogen-bond donors (Lipinski definition) is 4. The third kappa shape index (κ3) is 4.28. The Labute approximate surface area is 163 Å². The van der Waals surface area contributed by atoms with Crippen LogP contribution in [0.4, 0.5) is 5.13 Å². The predicted molar refractivity (Wildman–Crippen MR) is 97.3 cm³/mol. The minimum atomic E-state index is -4.59. The van der Waals surface area contributed by atoms with E-state index in [1.54, 1.807) is 0 Å². The van der Waals surface area contributed by atoms with Crippen LogP contribution in [0.3, 0.4) is 0 Å². The molecule has 3 atom stereocenters. The standard InChI is InChI=1S/C14H18N4O8S2/c1-5-7(9(19)10(5)28(23,24)25)17-11(20)8(6-4-27-13(15)16-6)18-26-14(2,3)12(21)22/h4-5,7,10H,1-3H3,(H2,15,16)(H,17,20)(H,21,22)(H,23,24,25). The Balaban J connectivity index is 2.26. The molecule has 12 nitrogen and oxygen atoms in total. The van der Waals surface area contributed by atoms with Crippen LogP contribution in [-0.2, 0) is 29.3 Å². The first-order chi connectivity index (χ1) is 12.8. The topological polar surface area (TPSA) is 198 Å². The summed E-state index contributed by atoms with van der Waals surface area (Å²) in [6.07, 6.45) is 0. The van der Waals surface area contributed by atoms with E-state index in [4.69, 9.17) is 20.2 Å². The van der Waals surface area contributed by atoms with Crippen molar-refractivity contribution >= 4 is 50.0 Å². The molecular formula is C14H18N4O8S2. The van der Waals surface area contributed by atoms with E-state index in [0.717, 1.165) is 11.3 Å². The van der Waals surface area contributed by atoms with Gasteiger partial charge in [-0.25, -0.2) is 9.78 Å². The fourth-order valence-electron chi connectivity index (χ4n) is 2.38. The van der Waals surface area contributed by atoms with Crippen LogP contribution >= 0.6 is 11.3 Å². The van der Waals surface area contributed by atoms with Crippen molar-refractivity contribution in [2.24, 2.45) is 11.1 Å². The summed E-state index contributed by atoms with van der Waals surface area (Å²) in [6.45, 7) is 3.78. The van der Waals surface area contributed by atoms with Crippen LogP contribution in [-0.4, -0.2) is 63.3 Å². The normalized spacial score (nSPS) is 23.1. The number of ketones is 1. The quantitative estimate of drug-likeness (QED) is 0.241. The van der Waals surface area contributed by atoms with E-state index in [9.17, 15) is 22.8 Å². The fraction of sp³-hybridized carbons (Fsp3) is 0.500. The van der Waals surface area contributed by atoms with Crippen molar-refractivity contribution in [3.63, 3.8) is 0 Å². The molecule has 1 amide bonds. The number of nitrogens with one attached hydrogen (secondary N) is 1. The molecule has 0 radical (unpaired) electrons. The summed E-state index contributed by atoms with van der Waals surface area (Å²) in [6, 6.07) is -1.19. The monoisotopic (exact) mass is 434 g/mol. The minimum absolute atomic E-state index is 0.0213. The summed E-state index contributed by atoms with van der Waals surface area (Å²) in [7, 11) is -4.59. The van der Waals surface area contributed by atoms with Gasteiger partial charge in [0.05, 0.1) is 6.04 Å². The van der Waals surface area contributed by atoms with Gasteiger partial charge in [0, 0.05) is 11.3 Å². The molecule has 1 aliphatic rings. The second-order valence-electron chi connectivity index (χ2n) is 6.57. The second kappa shape index (κ2) is 7.44. The van der Waals surface area contributed by atoms with Gasteiger partial charge in [-0.2, -0.15) is 8.42 Å². The molecule has 14 heteroatoms. The van der Waals surface area contributed by atoms with Crippen LogP contribution in [0.2, 0.25) is 0 Å². The van der Waals surface area contributed by atoms with E-state index in [1.165, 1.54) is 26.2 Å². The van der Waals surface area contributed by atoms with Gasteiger partial charge >= 0.3 is 5.97 Å². The molecule has 1 aromatic rings. The summed E-state index contributed by atoms with van der Waals surface area (Å²) in [4.78, 5) is 44.5. The maximum absolute atomic E-state index is 12.6. The van der Waals surface area contributed by atoms with E-state index in [0.29, 0.717) is 0 Å². The number of nitrogen functional groups attached to an aromatic ring is 1. The molecule has 2 rings (SSSR count). The number of aromatic nitrogens is 1. The number of hydrogen-bond acceptors (Lipinski definition) is 10. The van der Waals surface area contributed by atoms with Crippen molar-refractivity contribution in [3.05, 3.63) is 11.1 Å². The second-order valence-corrected chi connectivity index (χ2v) is 8.99. The number of carboxylic acid groups (broad SMARTS) is 1. The highest BCUT2D eigenvalue weighted by Gasteiger charge is 2.54. The first kappa shape index (κ1) is 21.7. The number of carbonyl (C=O) groups excluding carboxylic acids is 2. The van der Waals surface area contributed by atoms with E-state index in [1.807, 2.05) is 0 Å². The fourth-order valence-corrected chi connectivity index (χ4v) is 4.07. The Kier molecular flexibility index (Phi) is 5.77. The lowest BCUT2D eigenvalue weighted by Crippen LogP contribution is -2.65. The molecule has 154 valence electrons. The average molecular weight is 434 g/mol. The molecule has 5 N–H and O–H groups in total. The lowest BCUT2D eigenvalue weighted by Gasteiger charge is -2.38. The highest BCUT2D eigenvalue weighted by atomic mass is 32.2. The maximum atomic E-state index is 12.6. The molecule has 1 aromatic heterocycles. The highest BCUT2D eigenvalue weighted by Crippen LogP contribution is 2.30. The molecule has 0 aromatic carbocycles. The number of amides is 1. The molecule has 1 heterocycles. The molecule has 0 bridgehead atoms. The molecule has 28 heavy (non-hydrogen) atoms. The Morgan fingerprint density at radius 1 is 1.43 bits per heavy atom. The van der Waals surface area contributed by atoms with Gasteiger partial charge in [-0.05, 0) is 13.8 Å². The van der Waals surface area contributed by atoms with Crippen LogP contribution < -0.4 is 11.1 Å². The third-order valence-corrected chi connectivity index (χ3v) is 6.03. The molecule has 1 saturated carbocycles. The minimum Gasteiger partial charge on any atom is -0.478 e. The average Bonchev–Trinajstić information content (AvgIpc) is 2.97. The number of rotatable bonds is 7. The van der Waals surface area contributed by atoms with Gasteiger partial charge in [-0.3, -0.25) is 14.1 Å². The number of nitrogens with zero attached hydrogens (tertiary/aromatic N) is 2. The van der Waals surface area contributed by atoms with Gasteiger partial charge in [-0.1, -0.05) is 12.1 Å². The molecule has 0 saturated heterocycles. The smallest absolute Gasteiger partial charge is 0.350 e. The van der Waals surface area contributed by atoms with E-state index in [-0.39, 0.29) is 10.8 Å². The lowest BCUT2D eigenvalue weighted by atomic mass is 9.79. The first-order valence-electron chi connectivity index (χ1n) is 7.77. The van der Waals surface area contributed by atoms with Crippen LogP contribution in [0.15, 0.2) is 10.5 Å². The number of carboxylic acids is 1. The van der Waals surface area contributed by atoms with Gasteiger partial charge in [0.2, 0.25) is 5.60 Å². The molecule has 0 aliphatic heterocycles. The SMILES string of the molecule is CC1C(NC(=O)C(=NOC(C)(C)C(=O)O)c2csc(N)n2)C(=O)C1S(=O)(=O)O. The van der Waals surface area contributed by atoms with Gasteiger partial charge < -0.3 is 21.0 Å².